The van der Waals surface area contributed by atoms with Gasteiger partial charge in [-0.3, -0.25) is 0 Å². The highest BCUT2D eigenvalue weighted by molar-refractivity contribution is 5.29. The van der Waals surface area contributed by atoms with Crippen LogP contribution in [-0.2, 0) is 6.61 Å². The van der Waals surface area contributed by atoms with E-state index in [9.17, 15) is 0 Å². The van der Waals surface area contributed by atoms with Crippen molar-refractivity contribution in [2.75, 3.05) is 0 Å². The molecule has 0 bridgehead atoms. The maximum atomic E-state index is 8.81. The Hall–Kier alpha value is -1.62. The number of hydrogen-bond donors (Lipinski definition) is 2. The lowest BCUT2D eigenvalue weighted by atomic mass is 10.1. The summed E-state index contributed by atoms with van der Waals surface area (Å²) in [4.78, 5) is 8.36. The number of benzene rings is 1. The van der Waals surface area contributed by atoms with Crippen LogP contribution in [-0.4, -0.2) is 15.4 Å². The third-order valence-electron chi connectivity index (χ3n) is 1.67. The van der Waals surface area contributed by atoms with Crippen LogP contribution in [0, 0.1) is 24.0 Å². The SMILES string of the molecule is Cc1ccc(CO)c(C)c1.O=[N+]([O-])O. The molecule has 1 rings (SSSR count). The van der Waals surface area contributed by atoms with Crippen molar-refractivity contribution in [3.63, 3.8) is 0 Å². The second kappa shape index (κ2) is 5.93. The maximum Gasteiger partial charge on any atom is 0.291 e. The largest absolute Gasteiger partial charge is 0.392 e. The van der Waals surface area contributed by atoms with Crippen molar-refractivity contribution in [2.24, 2.45) is 0 Å². The number of nitrogens with zero attached hydrogens (tertiary/aromatic N) is 1. The third-order valence-corrected chi connectivity index (χ3v) is 1.67. The van der Waals surface area contributed by atoms with Gasteiger partial charge in [0, 0.05) is 0 Å². The smallest absolute Gasteiger partial charge is 0.291 e. The fourth-order valence-corrected chi connectivity index (χ4v) is 1.02. The molecule has 0 atom stereocenters. The second-order valence-corrected chi connectivity index (χ2v) is 2.83. The third kappa shape index (κ3) is 5.10. The van der Waals surface area contributed by atoms with Gasteiger partial charge in [-0.2, -0.15) is 0 Å². The molecule has 0 amide bonds. The van der Waals surface area contributed by atoms with Gasteiger partial charge >= 0.3 is 0 Å². The number of aliphatic hydroxyl groups is 1. The molecule has 2 N–H and O–H groups in total. The first-order valence-corrected chi connectivity index (χ1v) is 3.97. The Bertz CT molecular complexity index is 308. The summed E-state index contributed by atoms with van der Waals surface area (Å²) in [5.41, 5.74) is 3.43. The lowest BCUT2D eigenvalue weighted by Crippen LogP contribution is -1.87. The van der Waals surface area contributed by atoms with Crippen LogP contribution >= 0.6 is 0 Å². The van der Waals surface area contributed by atoms with E-state index in [-0.39, 0.29) is 6.61 Å². The molecule has 0 aromatic heterocycles. The van der Waals surface area contributed by atoms with Gasteiger partial charge < -0.3 is 10.3 Å². The van der Waals surface area contributed by atoms with Crippen molar-refractivity contribution in [3.8, 4) is 0 Å². The van der Waals surface area contributed by atoms with Crippen LogP contribution in [0.2, 0.25) is 0 Å². The highest BCUT2D eigenvalue weighted by Gasteiger charge is 1.94. The van der Waals surface area contributed by atoms with Gasteiger partial charge in [0.15, 0.2) is 0 Å². The minimum Gasteiger partial charge on any atom is -0.392 e. The molecule has 0 aliphatic rings. The average molecular weight is 199 g/mol. The van der Waals surface area contributed by atoms with Crippen molar-refractivity contribution in [2.45, 2.75) is 20.5 Å². The van der Waals surface area contributed by atoms with Crippen LogP contribution < -0.4 is 0 Å². The molecule has 14 heavy (non-hydrogen) atoms. The Morgan fingerprint density at radius 2 is 1.93 bits per heavy atom. The molecule has 0 radical (unpaired) electrons. The molecule has 0 saturated heterocycles. The fraction of sp³-hybridized carbons (Fsp3) is 0.333. The molecule has 0 unspecified atom stereocenters. The molecule has 1 aromatic rings. The van der Waals surface area contributed by atoms with Crippen molar-refractivity contribution in [1.29, 1.82) is 0 Å². The van der Waals surface area contributed by atoms with E-state index in [0.29, 0.717) is 0 Å². The van der Waals surface area contributed by atoms with Crippen molar-refractivity contribution in [1.82, 2.24) is 0 Å². The van der Waals surface area contributed by atoms with Gasteiger partial charge in [0.25, 0.3) is 5.09 Å². The van der Waals surface area contributed by atoms with Crippen LogP contribution in [0.15, 0.2) is 18.2 Å². The van der Waals surface area contributed by atoms with Crippen molar-refractivity contribution < 1.29 is 15.4 Å². The number of hydrogen-bond acceptors (Lipinski definition) is 3. The summed E-state index contributed by atoms with van der Waals surface area (Å²) in [6.45, 7) is 4.21. The molecule has 1 aromatic carbocycles. The van der Waals surface area contributed by atoms with Gasteiger partial charge in [0.1, 0.15) is 0 Å². The monoisotopic (exact) mass is 199 g/mol. The van der Waals surface area contributed by atoms with E-state index in [1.54, 1.807) is 0 Å². The zero-order valence-electron chi connectivity index (χ0n) is 8.10. The van der Waals surface area contributed by atoms with E-state index in [1.807, 2.05) is 26.0 Å². The Morgan fingerprint density at radius 3 is 2.29 bits per heavy atom. The summed E-state index contributed by atoms with van der Waals surface area (Å²) in [5, 5.41) is 22.4. The molecular weight excluding hydrogens is 186 g/mol. The second-order valence-electron chi connectivity index (χ2n) is 2.83. The molecule has 0 saturated carbocycles. The summed E-state index contributed by atoms with van der Waals surface area (Å²) in [6, 6.07) is 6.05. The lowest BCUT2D eigenvalue weighted by Gasteiger charge is -2.01. The first-order chi connectivity index (χ1) is 6.47. The Labute approximate surface area is 81.7 Å². The first kappa shape index (κ1) is 12.4. The predicted molar refractivity (Wildman–Crippen MR) is 50.6 cm³/mol. The first-order valence-electron chi connectivity index (χ1n) is 3.97. The molecule has 0 aliphatic carbocycles. The topological polar surface area (TPSA) is 83.6 Å². The van der Waals surface area contributed by atoms with Gasteiger partial charge in [-0.15, -0.1) is 10.1 Å². The van der Waals surface area contributed by atoms with E-state index in [0.717, 1.165) is 5.56 Å². The molecule has 0 heterocycles. The summed E-state index contributed by atoms with van der Waals surface area (Å²) in [5.74, 6) is 0. The molecule has 0 aliphatic heterocycles. The molecule has 0 spiro atoms. The highest BCUT2D eigenvalue weighted by atomic mass is 16.9. The average Bonchev–Trinajstić information content (AvgIpc) is 2.03. The van der Waals surface area contributed by atoms with Crippen LogP contribution in [0.5, 0.6) is 0 Å². The minimum absolute atomic E-state index is 0.145. The maximum absolute atomic E-state index is 8.81. The minimum atomic E-state index is -1.50. The van der Waals surface area contributed by atoms with Crippen molar-refractivity contribution in [3.05, 3.63) is 45.0 Å². The molecule has 5 nitrogen and oxygen atoms in total. The van der Waals surface area contributed by atoms with Crippen molar-refractivity contribution >= 4 is 0 Å². The Kier molecular flexibility index (Phi) is 5.24. The van der Waals surface area contributed by atoms with Crippen LogP contribution in [0.4, 0.5) is 0 Å². The van der Waals surface area contributed by atoms with Gasteiger partial charge in [0.05, 0.1) is 6.61 Å². The quantitative estimate of drug-likeness (QED) is 0.529. The predicted octanol–water partition coefficient (Wildman–Crippen LogP) is 1.45. The van der Waals surface area contributed by atoms with E-state index in [2.05, 4.69) is 6.07 Å². The van der Waals surface area contributed by atoms with E-state index >= 15 is 0 Å². The van der Waals surface area contributed by atoms with Gasteiger partial charge in [0.2, 0.25) is 0 Å². The van der Waals surface area contributed by atoms with Gasteiger partial charge in [-0.25, -0.2) is 0 Å². The van der Waals surface area contributed by atoms with Crippen LogP contribution in [0.1, 0.15) is 16.7 Å². The summed E-state index contributed by atoms with van der Waals surface area (Å²) < 4.78 is 0. The molecule has 0 fully saturated rings. The lowest BCUT2D eigenvalue weighted by molar-refractivity contribution is -0.742. The summed E-state index contributed by atoms with van der Waals surface area (Å²) >= 11 is 0. The Balaban J connectivity index is 0.000000364. The zero-order chi connectivity index (χ0) is 11.1. The number of rotatable bonds is 1. The highest BCUT2D eigenvalue weighted by Crippen LogP contribution is 2.09. The number of aryl methyl sites for hydroxylation is 2. The number of aliphatic hydroxyl groups excluding tert-OH is 1. The van der Waals surface area contributed by atoms with E-state index in [1.165, 1.54) is 11.1 Å². The molecular formula is C9H13NO4. The zero-order valence-corrected chi connectivity index (χ0v) is 8.10. The van der Waals surface area contributed by atoms with Crippen LogP contribution in [0.3, 0.4) is 0 Å². The normalized spacial score (nSPS) is 8.79. The van der Waals surface area contributed by atoms with E-state index in [4.69, 9.17) is 20.4 Å². The van der Waals surface area contributed by atoms with Crippen LogP contribution in [0.25, 0.3) is 0 Å². The van der Waals surface area contributed by atoms with Gasteiger partial charge in [-0.1, -0.05) is 23.8 Å². The standard InChI is InChI=1S/C9H12O.HNO3/c1-7-3-4-9(6-10)8(2)5-7;2-1(3)4/h3-5,10H,6H2,1-2H3;(H,2,3,4). The molecule has 5 heteroatoms. The summed E-state index contributed by atoms with van der Waals surface area (Å²) in [6.07, 6.45) is 0. The Morgan fingerprint density at radius 1 is 1.43 bits per heavy atom. The van der Waals surface area contributed by atoms with Gasteiger partial charge in [-0.05, 0) is 25.0 Å². The summed E-state index contributed by atoms with van der Waals surface area (Å²) in [7, 11) is 0. The van der Waals surface area contributed by atoms with E-state index < -0.39 is 5.09 Å². The molecule has 78 valence electrons. The fourth-order valence-electron chi connectivity index (χ4n) is 1.02.